The Morgan fingerprint density at radius 1 is 1.25 bits per heavy atom. The second-order valence-electron chi connectivity index (χ2n) is 6.18. The quantitative estimate of drug-likeness (QED) is 0.437. The molecule has 0 saturated heterocycles. The molecular formula is C18H15BrN2O3. The van der Waals surface area contributed by atoms with Crippen molar-refractivity contribution < 1.29 is 10.0 Å². The largest absolute Gasteiger partial charge is 0.508 e. The number of phenolic OH excluding ortho intramolecular Hbond substituents is 1. The fourth-order valence-electron chi connectivity index (χ4n) is 3.84. The number of nitro benzene ring substituents is 1. The van der Waals surface area contributed by atoms with Gasteiger partial charge in [0.15, 0.2) is 0 Å². The lowest BCUT2D eigenvalue weighted by molar-refractivity contribution is -0.384. The highest BCUT2D eigenvalue weighted by molar-refractivity contribution is 9.10. The molecule has 2 N–H and O–H groups in total. The summed E-state index contributed by atoms with van der Waals surface area (Å²) in [6.07, 6.45) is 5.11. The number of hydrogen-bond acceptors (Lipinski definition) is 4. The van der Waals surface area contributed by atoms with E-state index in [1.807, 2.05) is 12.1 Å². The van der Waals surface area contributed by atoms with E-state index in [1.165, 1.54) is 6.07 Å². The van der Waals surface area contributed by atoms with Crippen LogP contribution in [0.25, 0.3) is 0 Å². The third kappa shape index (κ3) is 2.29. The molecule has 1 aliphatic carbocycles. The van der Waals surface area contributed by atoms with Gasteiger partial charge in [0, 0.05) is 22.0 Å². The number of nitro groups is 1. The monoisotopic (exact) mass is 386 g/mol. The minimum atomic E-state index is -0.358. The summed E-state index contributed by atoms with van der Waals surface area (Å²) in [6.45, 7) is 0. The lowest BCUT2D eigenvalue weighted by Crippen LogP contribution is -2.29. The third-order valence-corrected chi connectivity index (χ3v) is 5.39. The SMILES string of the molecule is O=[N+]([O-])c1cccc2c1NC(c1cc(Br)ccc1O)C1CC=CC21. The van der Waals surface area contributed by atoms with Gasteiger partial charge in [-0.1, -0.05) is 40.2 Å². The van der Waals surface area contributed by atoms with Crippen molar-refractivity contribution in [2.75, 3.05) is 5.32 Å². The van der Waals surface area contributed by atoms with Gasteiger partial charge in [-0.15, -0.1) is 0 Å². The summed E-state index contributed by atoms with van der Waals surface area (Å²) in [4.78, 5) is 11.1. The second-order valence-corrected chi connectivity index (χ2v) is 7.09. The maximum Gasteiger partial charge on any atom is 0.292 e. The average Bonchev–Trinajstić information content (AvgIpc) is 3.05. The van der Waals surface area contributed by atoms with Crippen LogP contribution in [0.5, 0.6) is 5.75 Å². The van der Waals surface area contributed by atoms with Gasteiger partial charge in [0.05, 0.1) is 11.0 Å². The zero-order valence-corrected chi connectivity index (χ0v) is 14.2. The van der Waals surface area contributed by atoms with E-state index >= 15 is 0 Å². The van der Waals surface area contributed by atoms with E-state index in [-0.39, 0.29) is 34.2 Å². The summed E-state index contributed by atoms with van der Waals surface area (Å²) in [6, 6.07) is 10.3. The van der Waals surface area contributed by atoms with E-state index in [0.29, 0.717) is 5.69 Å². The molecule has 3 atom stereocenters. The number of phenols is 1. The van der Waals surface area contributed by atoms with Crippen molar-refractivity contribution in [2.24, 2.45) is 5.92 Å². The first kappa shape index (κ1) is 15.2. The Morgan fingerprint density at radius 3 is 2.88 bits per heavy atom. The summed E-state index contributed by atoms with van der Waals surface area (Å²) < 4.78 is 0.868. The molecule has 1 aliphatic heterocycles. The van der Waals surface area contributed by atoms with Gasteiger partial charge in [0.2, 0.25) is 0 Å². The molecule has 6 heteroatoms. The highest BCUT2D eigenvalue weighted by Gasteiger charge is 2.41. The Labute approximate surface area is 147 Å². The molecule has 24 heavy (non-hydrogen) atoms. The topological polar surface area (TPSA) is 75.4 Å². The number of halogens is 1. The molecule has 2 aromatic rings. The van der Waals surface area contributed by atoms with Crippen molar-refractivity contribution in [1.82, 2.24) is 0 Å². The molecule has 0 saturated carbocycles. The molecule has 0 spiro atoms. The molecule has 0 aromatic heterocycles. The van der Waals surface area contributed by atoms with Crippen LogP contribution < -0.4 is 5.32 Å². The Hall–Kier alpha value is -2.34. The molecule has 3 unspecified atom stereocenters. The molecule has 0 fully saturated rings. The van der Waals surface area contributed by atoms with E-state index in [1.54, 1.807) is 18.2 Å². The third-order valence-electron chi connectivity index (χ3n) is 4.90. The minimum absolute atomic E-state index is 0.0748. The molecule has 2 aliphatic rings. The average molecular weight is 387 g/mol. The zero-order chi connectivity index (χ0) is 16.8. The van der Waals surface area contributed by atoms with Crippen LogP contribution in [0.4, 0.5) is 11.4 Å². The second kappa shape index (κ2) is 5.63. The van der Waals surface area contributed by atoms with Crippen LogP contribution in [0.1, 0.15) is 29.5 Å². The predicted molar refractivity (Wildman–Crippen MR) is 95.3 cm³/mol. The fourth-order valence-corrected chi connectivity index (χ4v) is 4.22. The first-order chi connectivity index (χ1) is 11.6. The van der Waals surface area contributed by atoms with E-state index in [0.717, 1.165) is 22.0 Å². The molecule has 122 valence electrons. The van der Waals surface area contributed by atoms with Crippen LogP contribution in [0, 0.1) is 16.0 Å². The molecule has 4 rings (SSSR count). The maximum absolute atomic E-state index is 11.4. The van der Waals surface area contributed by atoms with Crippen molar-refractivity contribution in [3.8, 4) is 5.75 Å². The fraction of sp³-hybridized carbons (Fsp3) is 0.222. The lowest BCUT2D eigenvalue weighted by Gasteiger charge is -2.37. The Bertz CT molecular complexity index is 865. The van der Waals surface area contributed by atoms with E-state index in [9.17, 15) is 15.2 Å². The van der Waals surface area contributed by atoms with Gasteiger partial charge >= 0.3 is 0 Å². The highest BCUT2D eigenvalue weighted by Crippen LogP contribution is 2.53. The van der Waals surface area contributed by atoms with Crippen molar-refractivity contribution in [3.63, 3.8) is 0 Å². The van der Waals surface area contributed by atoms with Crippen molar-refractivity contribution in [1.29, 1.82) is 0 Å². The number of aromatic hydroxyl groups is 1. The number of anilines is 1. The number of hydrogen-bond donors (Lipinski definition) is 2. The first-order valence-corrected chi connectivity index (χ1v) is 8.54. The zero-order valence-electron chi connectivity index (χ0n) is 12.6. The van der Waals surface area contributed by atoms with E-state index < -0.39 is 0 Å². The Morgan fingerprint density at radius 2 is 2.08 bits per heavy atom. The van der Waals surface area contributed by atoms with Gasteiger partial charge in [-0.05, 0) is 36.1 Å². The van der Waals surface area contributed by atoms with Crippen LogP contribution in [0.15, 0.2) is 53.0 Å². The van der Waals surface area contributed by atoms with Gasteiger partial charge in [0.25, 0.3) is 5.69 Å². The number of nitrogens with one attached hydrogen (secondary N) is 1. The van der Waals surface area contributed by atoms with Crippen LogP contribution in [0.3, 0.4) is 0 Å². The lowest BCUT2D eigenvalue weighted by atomic mass is 9.76. The number of rotatable bonds is 2. The van der Waals surface area contributed by atoms with Gasteiger partial charge in [-0.3, -0.25) is 10.1 Å². The maximum atomic E-state index is 11.4. The van der Waals surface area contributed by atoms with Gasteiger partial charge in [-0.2, -0.15) is 0 Å². The van der Waals surface area contributed by atoms with E-state index in [2.05, 4.69) is 33.4 Å². The number of benzene rings is 2. The molecular weight excluding hydrogens is 372 g/mol. The molecule has 5 nitrogen and oxygen atoms in total. The van der Waals surface area contributed by atoms with Gasteiger partial charge < -0.3 is 10.4 Å². The van der Waals surface area contributed by atoms with Crippen molar-refractivity contribution in [3.05, 3.63) is 74.3 Å². The summed E-state index contributed by atoms with van der Waals surface area (Å²) in [5.41, 5.74) is 2.34. The molecule has 0 bridgehead atoms. The molecule has 0 radical (unpaired) electrons. The summed E-state index contributed by atoms with van der Waals surface area (Å²) in [7, 11) is 0. The van der Waals surface area contributed by atoms with Gasteiger partial charge in [-0.25, -0.2) is 0 Å². The van der Waals surface area contributed by atoms with Crippen LogP contribution >= 0.6 is 15.9 Å². The number of fused-ring (bicyclic) bond motifs is 3. The number of nitrogens with zero attached hydrogens (tertiary/aromatic N) is 1. The number of allylic oxidation sites excluding steroid dienone is 2. The number of para-hydroxylation sites is 1. The van der Waals surface area contributed by atoms with Crippen LogP contribution in [-0.2, 0) is 0 Å². The normalized spacial score (nSPS) is 24.1. The summed E-state index contributed by atoms with van der Waals surface area (Å²) in [5.74, 6) is 0.535. The molecule has 2 aromatic carbocycles. The Balaban J connectivity index is 1.88. The Kier molecular flexibility index (Phi) is 3.57. The van der Waals surface area contributed by atoms with Crippen molar-refractivity contribution in [2.45, 2.75) is 18.4 Å². The predicted octanol–water partition coefficient (Wildman–Crippen LogP) is 4.89. The molecule has 1 heterocycles. The van der Waals surface area contributed by atoms with Crippen molar-refractivity contribution >= 4 is 27.3 Å². The smallest absolute Gasteiger partial charge is 0.292 e. The summed E-state index contributed by atoms with van der Waals surface area (Å²) >= 11 is 3.44. The first-order valence-electron chi connectivity index (χ1n) is 7.75. The highest BCUT2D eigenvalue weighted by atomic mass is 79.9. The summed E-state index contributed by atoms with van der Waals surface area (Å²) in [5, 5.41) is 25.1. The van der Waals surface area contributed by atoms with Crippen LogP contribution in [-0.4, -0.2) is 10.0 Å². The van der Waals surface area contributed by atoms with Gasteiger partial charge in [0.1, 0.15) is 11.4 Å². The standard InChI is InChI=1S/C18H15BrN2O3/c19-10-7-8-16(22)14(9-10)17-12-4-1-3-11(12)13-5-2-6-15(21(23)24)18(13)20-17/h1-3,5-9,11-12,17,20,22H,4H2. The molecule has 0 amide bonds. The van der Waals surface area contributed by atoms with E-state index in [4.69, 9.17) is 0 Å². The van der Waals surface area contributed by atoms with Crippen LogP contribution in [0.2, 0.25) is 0 Å². The minimum Gasteiger partial charge on any atom is -0.508 e.